The highest BCUT2D eigenvalue weighted by Crippen LogP contribution is 2.41. The van der Waals surface area contributed by atoms with Crippen molar-refractivity contribution in [3.8, 4) is 0 Å². The molecule has 1 spiro atoms. The summed E-state index contributed by atoms with van der Waals surface area (Å²) in [6.07, 6.45) is 4.52. The molecule has 0 atom stereocenters. The van der Waals surface area contributed by atoms with Crippen LogP contribution in [0, 0.1) is 12.3 Å². The van der Waals surface area contributed by atoms with Crippen LogP contribution < -0.4 is 5.32 Å². The van der Waals surface area contributed by atoms with Crippen LogP contribution in [0.1, 0.15) is 38.7 Å². The molecule has 140 valence electrons. The third kappa shape index (κ3) is 4.09. The molecule has 26 heavy (non-hydrogen) atoms. The van der Waals surface area contributed by atoms with Gasteiger partial charge in [0.15, 0.2) is 0 Å². The van der Waals surface area contributed by atoms with Gasteiger partial charge in [-0.25, -0.2) is 4.79 Å². The molecule has 0 saturated carbocycles. The van der Waals surface area contributed by atoms with Gasteiger partial charge in [0.2, 0.25) is 5.91 Å². The van der Waals surface area contributed by atoms with E-state index in [0.29, 0.717) is 26.1 Å². The summed E-state index contributed by atoms with van der Waals surface area (Å²) in [4.78, 5) is 28.8. The van der Waals surface area contributed by atoms with Crippen molar-refractivity contribution in [2.24, 2.45) is 5.41 Å². The van der Waals surface area contributed by atoms with Crippen LogP contribution in [0.3, 0.4) is 0 Å². The molecule has 5 heteroatoms. The van der Waals surface area contributed by atoms with Crippen LogP contribution in [-0.4, -0.2) is 47.9 Å². The number of rotatable bonds is 3. The van der Waals surface area contributed by atoms with E-state index >= 15 is 0 Å². The summed E-state index contributed by atoms with van der Waals surface area (Å²) in [5.41, 5.74) is 3.21. The number of carbonyl (C=O) groups is 2. The number of benzene rings is 1. The van der Waals surface area contributed by atoms with E-state index < -0.39 is 0 Å². The van der Waals surface area contributed by atoms with Crippen molar-refractivity contribution < 1.29 is 9.59 Å². The first kappa shape index (κ1) is 18.5. The fourth-order valence-electron chi connectivity index (χ4n) is 3.87. The molecule has 1 aromatic carbocycles. The molecule has 3 amide bonds. The van der Waals surface area contributed by atoms with E-state index in [9.17, 15) is 9.59 Å². The van der Waals surface area contributed by atoms with Crippen molar-refractivity contribution >= 4 is 17.6 Å². The minimum Gasteiger partial charge on any atom is -0.338 e. The molecule has 2 heterocycles. The highest BCUT2D eigenvalue weighted by atomic mass is 16.2. The van der Waals surface area contributed by atoms with Crippen LogP contribution in [0.5, 0.6) is 0 Å². The maximum absolute atomic E-state index is 12.6. The monoisotopic (exact) mass is 355 g/mol. The second-order valence-corrected chi connectivity index (χ2v) is 7.96. The van der Waals surface area contributed by atoms with E-state index in [4.69, 9.17) is 0 Å². The lowest BCUT2D eigenvalue weighted by molar-refractivity contribution is -0.127. The smallest absolute Gasteiger partial charge is 0.321 e. The number of urea groups is 1. The number of piperidine rings is 1. The van der Waals surface area contributed by atoms with Crippen molar-refractivity contribution in [3.05, 3.63) is 41.5 Å². The van der Waals surface area contributed by atoms with Crippen molar-refractivity contribution in [3.63, 3.8) is 0 Å². The molecule has 0 radical (unpaired) electrons. The van der Waals surface area contributed by atoms with Gasteiger partial charge in [0.1, 0.15) is 0 Å². The number of nitrogens with one attached hydrogen (secondary N) is 1. The topological polar surface area (TPSA) is 52.6 Å². The SMILES string of the molecule is CC(C)=CCN1CC2(CCN(C(=O)Nc3ccccc3C)CC2)CC1=O. The highest BCUT2D eigenvalue weighted by Gasteiger charge is 2.45. The summed E-state index contributed by atoms with van der Waals surface area (Å²) in [5.74, 6) is 0.250. The number of para-hydroxylation sites is 1. The second-order valence-electron chi connectivity index (χ2n) is 7.96. The van der Waals surface area contributed by atoms with Gasteiger partial charge < -0.3 is 15.1 Å². The minimum atomic E-state index is -0.0418. The van der Waals surface area contributed by atoms with Gasteiger partial charge in [-0.1, -0.05) is 29.8 Å². The Balaban J connectivity index is 1.56. The Kier molecular flexibility index (Phi) is 5.35. The van der Waals surface area contributed by atoms with Crippen LogP contribution in [0.2, 0.25) is 0 Å². The predicted octanol–water partition coefficient (Wildman–Crippen LogP) is 3.81. The van der Waals surface area contributed by atoms with Crippen molar-refractivity contribution in [2.45, 2.75) is 40.0 Å². The van der Waals surface area contributed by atoms with Gasteiger partial charge >= 0.3 is 6.03 Å². The first-order valence-electron chi connectivity index (χ1n) is 9.41. The van der Waals surface area contributed by atoms with Crippen molar-refractivity contribution in [1.82, 2.24) is 9.80 Å². The van der Waals surface area contributed by atoms with Gasteiger partial charge in [-0.3, -0.25) is 4.79 Å². The Morgan fingerprint density at radius 3 is 2.58 bits per heavy atom. The summed E-state index contributed by atoms with van der Waals surface area (Å²) < 4.78 is 0. The maximum Gasteiger partial charge on any atom is 0.321 e. The summed E-state index contributed by atoms with van der Waals surface area (Å²) >= 11 is 0. The number of nitrogens with zero attached hydrogens (tertiary/aromatic N) is 2. The number of hydrogen-bond acceptors (Lipinski definition) is 2. The van der Waals surface area contributed by atoms with Gasteiger partial charge in [-0.2, -0.15) is 0 Å². The Hall–Kier alpha value is -2.30. The van der Waals surface area contributed by atoms with E-state index in [1.165, 1.54) is 5.57 Å². The summed E-state index contributed by atoms with van der Waals surface area (Å²) in [6, 6.07) is 7.77. The third-order valence-corrected chi connectivity index (χ3v) is 5.62. The molecule has 5 nitrogen and oxygen atoms in total. The minimum absolute atomic E-state index is 0.0418. The van der Waals surface area contributed by atoms with Crippen LogP contribution >= 0.6 is 0 Å². The molecule has 3 rings (SSSR count). The maximum atomic E-state index is 12.6. The fraction of sp³-hybridized carbons (Fsp3) is 0.524. The van der Waals surface area contributed by atoms with E-state index in [1.807, 2.05) is 41.0 Å². The van der Waals surface area contributed by atoms with E-state index in [2.05, 4.69) is 25.2 Å². The Morgan fingerprint density at radius 1 is 1.23 bits per heavy atom. The molecule has 0 bridgehead atoms. The molecule has 2 fully saturated rings. The molecule has 1 N–H and O–H groups in total. The van der Waals surface area contributed by atoms with E-state index in [-0.39, 0.29) is 17.4 Å². The molecular weight excluding hydrogens is 326 g/mol. The fourth-order valence-corrected chi connectivity index (χ4v) is 3.87. The molecular formula is C21H29N3O2. The van der Waals surface area contributed by atoms with Crippen LogP contribution in [-0.2, 0) is 4.79 Å². The van der Waals surface area contributed by atoms with Gasteiger partial charge in [0.25, 0.3) is 0 Å². The van der Waals surface area contributed by atoms with Crippen LogP contribution in [0.25, 0.3) is 0 Å². The number of aryl methyl sites for hydroxylation is 1. The van der Waals surface area contributed by atoms with Crippen LogP contribution in [0.15, 0.2) is 35.9 Å². The molecule has 0 aliphatic carbocycles. The molecule has 2 saturated heterocycles. The molecule has 2 aliphatic heterocycles. The molecule has 0 aromatic heterocycles. The summed E-state index contributed by atoms with van der Waals surface area (Å²) in [6.45, 7) is 9.06. The first-order valence-corrected chi connectivity index (χ1v) is 9.41. The van der Waals surface area contributed by atoms with E-state index in [0.717, 1.165) is 30.6 Å². The van der Waals surface area contributed by atoms with Gasteiger partial charge in [-0.15, -0.1) is 0 Å². The lowest BCUT2D eigenvalue weighted by atomic mass is 9.77. The number of amides is 3. The molecule has 0 unspecified atom stereocenters. The van der Waals surface area contributed by atoms with Crippen LogP contribution in [0.4, 0.5) is 10.5 Å². The highest BCUT2D eigenvalue weighted by molar-refractivity contribution is 5.90. The zero-order chi connectivity index (χ0) is 18.7. The van der Waals surface area contributed by atoms with Gasteiger partial charge in [0, 0.05) is 43.7 Å². The number of hydrogen-bond donors (Lipinski definition) is 1. The normalized spacial score (nSPS) is 19.0. The number of carbonyl (C=O) groups excluding carboxylic acids is 2. The first-order chi connectivity index (χ1) is 12.4. The lowest BCUT2D eigenvalue weighted by Crippen LogP contribution is -2.45. The number of likely N-dealkylation sites (tertiary alicyclic amines) is 2. The van der Waals surface area contributed by atoms with Gasteiger partial charge in [0.05, 0.1) is 0 Å². The molecule has 1 aromatic rings. The summed E-state index contributed by atoms with van der Waals surface area (Å²) in [5, 5.41) is 3.01. The lowest BCUT2D eigenvalue weighted by Gasteiger charge is -2.38. The average Bonchev–Trinajstić information content (AvgIpc) is 2.91. The van der Waals surface area contributed by atoms with E-state index in [1.54, 1.807) is 0 Å². The average molecular weight is 355 g/mol. The Bertz CT molecular complexity index is 714. The zero-order valence-corrected chi connectivity index (χ0v) is 16.0. The second kappa shape index (κ2) is 7.52. The zero-order valence-electron chi connectivity index (χ0n) is 16.0. The molecule has 2 aliphatic rings. The Morgan fingerprint density at radius 2 is 1.92 bits per heavy atom. The largest absolute Gasteiger partial charge is 0.338 e. The quantitative estimate of drug-likeness (QED) is 0.838. The number of anilines is 1. The number of allylic oxidation sites excluding steroid dienone is 1. The van der Waals surface area contributed by atoms with Crippen molar-refractivity contribution in [2.75, 3.05) is 31.5 Å². The Labute approximate surface area is 156 Å². The van der Waals surface area contributed by atoms with Gasteiger partial charge in [-0.05, 0) is 45.2 Å². The third-order valence-electron chi connectivity index (χ3n) is 5.62. The standard InChI is InChI=1S/C21H29N3O2/c1-16(2)8-11-24-15-21(14-19(24)25)9-12-23(13-10-21)20(26)22-18-7-5-4-6-17(18)3/h4-8H,9-15H2,1-3H3,(H,22,26). The predicted molar refractivity (Wildman–Crippen MR) is 104 cm³/mol. The van der Waals surface area contributed by atoms with Crippen molar-refractivity contribution in [1.29, 1.82) is 0 Å². The summed E-state index contributed by atoms with van der Waals surface area (Å²) in [7, 11) is 0.